The average Bonchev–Trinajstić information content (AvgIpc) is 3.24. The highest BCUT2D eigenvalue weighted by molar-refractivity contribution is 5.68. The third kappa shape index (κ3) is 3.16. The quantitative estimate of drug-likeness (QED) is 0.774. The van der Waals surface area contributed by atoms with Crippen LogP contribution < -0.4 is 5.56 Å². The SMILES string of the molecule is CC(C)(C)c1nc2c(nnn2C2CCN(Cc3ccco3)CC2)c(=O)[nH]1. The second-order valence-corrected chi connectivity index (χ2v) is 7.96. The fraction of sp³-hybridized carbons (Fsp3) is 0.556. The first-order valence-corrected chi connectivity index (χ1v) is 9.02. The first kappa shape index (κ1) is 17.0. The predicted octanol–water partition coefficient (Wildman–Crippen LogP) is 2.24. The van der Waals surface area contributed by atoms with Gasteiger partial charge >= 0.3 is 0 Å². The first-order chi connectivity index (χ1) is 12.4. The van der Waals surface area contributed by atoms with Crippen molar-refractivity contribution in [2.75, 3.05) is 13.1 Å². The molecule has 1 fully saturated rings. The Morgan fingerprint density at radius 2 is 2.08 bits per heavy atom. The molecule has 0 saturated carbocycles. The van der Waals surface area contributed by atoms with E-state index < -0.39 is 0 Å². The van der Waals surface area contributed by atoms with Gasteiger partial charge < -0.3 is 9.40 Å². The summed E-state index contributed by atoms with van der Waals surface area (Å²) in [5.41, 5.74) is 0.440. The van der Waals surface area contributed by atoms with E-state index in [9.17, 15) is 4.79 Å². The lowest BCUT2D eigenvalue weighted by Gasteiger charge is -2.31. The molecule has 0 bridgehead atoms. The van der Waals surface area contributed by atoms with Crippen molar-refractivity contribution in [2.45, 2.75) is 51.6 Å². The van der Waals surface area contributed by atoms with Crippen molar-refractivity contribution in [2.24, 2.45) is 0 Å². The van der Waals surface area contributed by atoms with Gasteiger partial charge in [-0.1, -0.05) is 26.0 Å². The smallest absolute Gasteiger partial charge is 0.281 e. The Morgan fingerprint density at radius 1 is 1.31 bits per heavy atom. The van der Waals surface area contributed by atoms with Crippen molar-refractivity contribution in [1.29, 1.82) is 0 Å². The van der Waals surface area contributed by atoms with Gasteiger partial charge in [-0.2, -0.15) is 0 Å². The highest BCUT2D eigenvalue weighted by atomic mass is 16.3. The van der Waals surface area contributed by atoms with Crippen molar-refractivity contribution in [1.82, 2.24) is 29.9 Å². The number of fused-ring (bicyclic) bond motifs is 1. The van der Waals surface area contributed by atoms with Crippen molar-refractivity contribution >= 4 is 11.2 Å². The van der Waals surface area contributed by atoms with E-state index in [4.69, 9.17) is 4.42 Å². The highest BCUT2D eigenvalue weighted by Crippen LogP contribution is 2.26. The maximum atomic E-state index is 12.3. The molecule has 4 rings (SSSR count). The van der Waals surface area contributed by atoms with Gasteiger partial charge in [-0.25, -0.2) is 9.67 Å². The lowest BCUT2D eigenvalue weighted by molar-refractivity contribution is 0.164. The summed E-state index contributed by atoms with van der Waals surface area (Å²) >= 11 is 0. The van der Waals surface area contributed by atoms with Crippen LogP contribution in [0.1, 0.15) is 51.2 Å². The van der Waals surface area contributed by atoms with Gasteiger partial charge in [0.1, 0.15) is 11.6 Å². The molecule has 4 heterocycles. The minimum Gasteiger partial charge on any atom is -0.468 e. The zero-order valence-electron chi connectivity index (χ0n) is 15.4. The Labute approximate surface area is 151 Å². The van der Waals surface area contributed by atoms with Gasteiger partial charge in [-0.15, -0.1) is 5.10 Å². The third-order valence-electron chi connectivity index (χ3n) is 4.91. The van der Waals surface area contributed by atoms with Crippen molar-refractivity contribution in [3.63, 3.8) is 0 Å². The Kier molecular flexibility index (Phi) is 4.14. The van der Waals surface area contributed by atoms with Crippen LogP contribution >= 0.6 is 0 Å². The van der Waals surface area contributed by atoms with E-state index >= 15 is 0 Å². The normalized spacial score (nSPS) is 17.2. The number of nitrogens with zero attached hydrogens (tertiary/aromatic N) is 5. The molecule has 1 N–H and O–H groups in total. The molecular weight excluding hydrogens is 332 g/mol. The van der Waals surface area contributed by atoms with Crippen molar-refractivity contribution in [3.05, 3.63) is 40.3 Å². The minimum atomic E-state index is -0.241. The van der Waals surface area contributed by atoms with E-state index in [0.29, 0.717) is 17.0 Å². The molecule has 0 aromatic carbocycles. The van der Waals surface area contributed by atoms with Crippen LogP contribution in [0.5, 0.6) is 0 Å². The van der Waals surface area contributed by atoms with Gasteiger partial charge in [0.25, 0.3) is 5.56 Å². The van der Waals surface area contributed by atoms with Gasteiger partial charge in [0.05, 0.1) is 18.8 Å². The number of H-pyrrole nitrogens is 1. The van der Waals surface area contributed by atoms with Crippen LogP contribution in [0.4, 0.5) is 0 Å². The van der Waals surface area contributed by atoms with Crippen LogP contribution in [0.15, 0.2) is 27.6 Å². The molecule has 1 aliphatic heterocycles. The number of aromatic amines is 1. The molecule has 1 saturated heterocycles. The monoisotopic (exact) mass is 356 g/mol. The summed E-state index contributed by atoms with van der Waals surface area (Å²) in [6.45, 7) is 8.79. The summed E-state index contributed by atoms with van der Waals surface area (Å²) in [4.78, 5) is 22.2. The molecule has 0 radical (unpaired) electrons. The molecule has 0 unspecified atom stereocenters. The van der Waals surface area contributed by atoms with Crippen LogP contribution in [-0.4, -0.2) is 43.0 Å². The standard InChI is InChI=1S/C18H24N6O2/c1-18(2,3)17-19-15-14(16(25)20-17)21-22-24(15)12-6-8-23(9-7-12)11-13-5-4-10-26-13/h4-5,10,12H,6-9,11H2,1-3H3,(H,19,20,25). The lowest BCUT2D eigenvalue weighted by Crippen LogP contribution is -2.34. The van der Waals surface area contributed by atoms with Crippen molar-refractivity contribution < 1.29 is 4.42 Å². The Balaban J connectivity index is 1.56. The Hall–Kier alpha value is -2.48. The molecule has 3 aromatic heterocycles. The first-order valence-electron chi connectivity index (χ1n) is 9.02. The van der Waals surface area contributed by atoms with E-state index in [2.05, 4.69) is 25.2 Å². The highest BCUT2D eigenvalue weighted by Gasteiger charge is 2.26. The maximum absolute atomic E-state index is 12.3. The fourth-order valence-electron chi connectivity index (χ4n) is 3.39. The van der Waals surface area contributed by atoms with Crippen LogP contribution in [0.2, 0.25) is 0 Å². The van der Waals surface area contributed by atoms with E-state index in [1.807, 2.05) is 37.6 Å². The van der Waals surface area contributed by atoms with Gasteiger partial charge in [0, 0.05) is 18.5 Å². The molecular formula is C18H24N6O2. The van der Waals surface area contributed by atoms with E-state index in [1.165, 1.54) is 0 Å². The molecule has 0 spiro atoms. The van der Waals surface area contributed by atoms with E-state index in [-0.39, 0.29) is 17.0 Å². The van der Waals surface area contributed by atoms with Gasteiger partial charge in [0.15, 0.2) is 11.2 Å². The molecule has 0 amide bonds. The van der Waals surface area contributed by atoms with Gasteiger partial charge in [-0.3, -0.25) is 9.69 Å². The molecule has 8 nitrogen and oxygen atoms in total. The number of rotatable bonds is 3. The molecule has 26 heavy (non-hydrogen) atoms. The summed E-state index contributed by atoms with van der Waals surface area (Å²) in [5.74, 6) is 1.64. The number of aromatic nitrogens is 5. The largest absolute Gasteiger partial charge is 0.468 e. The number of nitrogens with one attached hydrogen (secondary N) is 1. The number of furan rings is 1. The van der Waals surface area contributed by atoms with Crippen LogP contribution in [0, 0.1) is 0 Å². The summed E-state index contributed by atoms with van der Waals surface area (Å²) in [6, 6.07) is 4.12. The maximum Gasteiger partial charge on any atom is 0.281 e. The van der Waals surface area contributed by atoms with Crippen molar-refractivity contribution in [3.8, 4) is 0 Å². The van der Waals surface area contributed by atoms with E-state index in [1.54, 1.807) is 6.26 Å². The number of piperidine rings is 1. The lowest BCUT2D eigenvalue weighted by atomic mass is 9.96. The van der Waals surface area contributed by atoms with E-state index in [0.717, 1.165) is 38.2 Å². The predicted molar refractivity (Wildman–Crippen MR) is 96.9 cm³/mol. The second-order valence-electron chi connectivity index (χ2n) is 7.96. The fourth-order valence-corrected chi connectivity index (χ4v) is 3.39. The molecule has 0 aliphatic carbocycles. The third-order valence-corrected chi connectivity index (χ3v) is 4.91. The molecule has 0 atom stereocenters. The van der Waals surface area contributed by atoms with Gasteiger partial charge in [-0.05, 0) is 25.0 Å². The molecule has 8 heteroatoms. The summed E-state index contributed by atoms with van der Waals surface area (Å²) in [5, 5.41) is 8.33. The zero-order valence-corrected chi connectivity index (χ0v) is 15.4. The van der Waals surface area contributed by atoms with Crippen LogP contribution in [-0.2, 0) is 12.0 Å². The topological polar surface area (TPSA) is 92.8 Å². The van der Waals surface area contributed by atoms with Gasteiger partial charge in [0.2, 0.25) is 0 Å². The second kappa shape index (κ2) is 6.35. The Morgan fingerprint density at radius 3 is 2.73 bits per heavy atom. The minimum absolute atomic E-state index is 0.204. The number of likely N-dealkylation sites (tertiary alicyclic amines) is 1. The number of hydrogen-bond donors (Lipinski definition) is 1. The Bertz CT molecular complexity index is 942. The average molecular weight is 356 g/mol. The summed E-state index contributed by atoms with van der Waals surface area (Å²) < 4.78 is 7.27. The van der Waals surface area contributed by atoms with Crippen LogP contribution in [0.25, 0.3) is 11.2 Å². The summed E-state index contributed by atoms with van der Waals surface area (Å²) in [7, 11) is 0. The molecule has 3 aromatic rings. The molecule has 138 valence electrons. The molecule has 1 aliphatic rings. The summed E-state index contributed by atoms with van der Waals surface area (Å²) in [6.07, 6.45) is 3.59. The number of hydrogen-bond acceptors (Lipinski definition) is 6. The van der Waals surface area contributed by atoms with Crippen LogP contribution in [0.3, 0.4) is 0 Å². The zero-order chi connectivity index (χ0) is 18.3.